The lowest BCUT2D eigenvalue weighted by atomic mass is 9.99. The maximum absolute atomic E-state index is 12.1. The molecule has 1 saturated heterocycles. The number of nitrogens with zero attached hydrogens (tertiary/aromatic N) is 3. The second-order valence-corrected chi connectivity index (χ2v) is 5.70. The van der Waals surface area contributed by atoms with E-state index in [9.17, 15) is 4.79 Å². The standard InChI is InChI=1S/C12H19ClN6O/c1-12(4-3-5-19(12)2)6-16-11(20)7-9(14)18-10(15)8(13)17-7/h3-6H2,1-2H3,(H,16,20)(H4,14,15,18)/t12-/m1/s1. The number of anilines is 2. The number of nitrogens with two attached hydrogens (primary N) is 2. The number of amides is 1. The number of nitrogens with one attached hydrogen (secondary N) is 1. The molecular weight excluding hydrogens is 280 g/mol. The van der Waals surface area contributed by atoms with Crippen LogP contribution < -0.4 is 16.8 Å². The number of likely N-dealkylation sites (tertiary alicyclic amines) is 1. The molecule has 1 atom stereocenters. The zero-order chi connectivity index (χ0) is 14.9. The molecule has 2 rings (SSSR count). The van der Waals surface area contributed by atoms with Crippen LogP contribution in [0.25, 0.3) is 0 Å². The highest BCUT2D eigenvalue weighted by molar-refractivity contribution is 6.31. The highest BCUT2D eigenvalue weighted by atomic mass is 35.5. The molecule has 1 aliphatic rings. The second kappa shape index (κ2) is 5.41. The molecule has 1 aromatic heterocycles. The molecule has 5 N–H and O–H groups in total. The molecule has 0 saturated carbocycles. The van der Waals surface area contributed by atoms with Crippen molar-refractivity contribution in [3.05, 3.63) is 10.8 Å². The Bertz CT molecular complexity index is 537. The van der Waals surface area contributed by atoms with Gasteiger partial charge in [-0.05, 0) is 33.4 Å². The van der Waals surface area contributed by atoms with Crippen molar-refractivity contribution in [2.45, 2.75) is 25.3 Å². The molecule has 1 amide bonds. The number of hydrogen-bond donors (Lipinski definition) is 3. The van der Waals surface area contributed by atoms with Crippen molar-refractivity contribution in [3.8, 4) is 0 Å². The summed E-state index contributed by atoms with van der Waals surface area (Å²) in [6.07, 6.45) is 2.16. The second-order valence-electron chi connectivity index (χ2n) is 5.34. The monoisotopic (exact) mass is 298 g/mol. The van der Waals surface area contributed by atoms with E-state index in [1.807, 2.05) is 7.05 Å². The topological polar surface area (TPSA) is 110 Å². The summed E-state index contributed by atoms with van der Waals surface area (Å²) in [6.45, 7) is 3.67. The lowest BCUT2D eigenvalue weighted by molar-refractivity contribution is 0.0915. The van der Waals surface area contributed by atoms with Gasteiger partial charge < -0.3 is 16.8 Å². The minimum atomic E-state index is -0.390. The first kappa shape index (κ1) is 14.8. The SMILES string of the molecule is CN1CCC[C@]1(C)CNC(=O)c1nc(Cl)c(N)nc1N. The molecule has 8 heteroatoms. The molecule has 110 valence electrons. The van der Waals surface area contributed by atoms with Gasteiger partial charge in [-0.3, -0.25) is 9.69 Å². The third-order valence-electron chi connectivity index (χ3n) is 3.88. The van der Waals surface area contributed by atoms with Crippen LogP contribution in [0.5, 0.6) is 0 Å². The lowest BCUT2D eigenvalue weighted by Crippen LogP contribution is -2.48. The van der Waals surface area contributed by atoms with Gasteiger partial charge in [0.05, 0.1) is 0 Å². The summed E-state index contributed by atoms with van der Waals surface area (Å²) in [7, 11) is 2.05. The Hall–Kier alpha value is -1.60. The van der Waals surface area contributed by atoms with E-state index in [4.69, 9.17) is 23.1 Å². The highest BCUT2D eigenvalue weighted by Gasteiger charge is 2.34. The van der Waals surface area contributed by atoms with Crippen molar-refractivity contribution in [2.75, 3.05) is 31.6 Å². The molecule has 2 heterocycles. The normalized spacial score (nSPS) is 22.9. The van der Waals surface area contributed by atoms with Gasteiger partial charge in [0.25, 0.3) is 5.91 Å². The van der Waals surface area contributed by atoms with Crippen LogP contribution in [0.4, 0.5) is 11.6 Å². The Morgan fingerprint density at radius 1 is 1.45 bits per heavy atom. The van der Waals surface area contributed by atoms with Gasteiger partial charge in [0.2, 0.25) is 0 Å². The molecule has 0 unspecified atom stereocenters. The molecule has 0 aromatic carbocycles. The minimum absolute atomic E-state index is 0.00782. The summed E-state index contributed by atoms with van der Waals surface area (Å²) >= 11 is 5.77. The number of halogens is 1. The van der Waals surface area contributed by atoms with Crippen LogP contribution in [0, 0.1) is 0 Å². The van der Waals surface area contributed by atoms with Crippen LogP contribution >= 0.6 is 11.6 Å². The van der Waals surface area contributed by atoms with E-state index in [0.717, 1.165) is 19.4 Å². The predicted octanol–water partition coefficient (Wildman–Crippen LogP) is 0.509. The van der Waals surface area contributed by atoms with E-state index in [1.165, 1.54) is 0 Å². The van der Waals surface area contributed by atoms with E-state index >= 15 is 0 Å². The molecule has 0 aliphatic carbocycles. The quantitative estimate of drug-likeness (QED) is 0.750. The predicted molar refractivity (Wildman–Crippen MR) is 78.5 cm³/mol. The van der Waals surface area contributed by atoms with E-state index < -0.39 is 5.91 Å². The zero-order valence-corrected chi connectivity index (χ0v) is 12.4. The first-order valence-electron chi connectivity index (χ1n) is 6.41. The molecule has 1 aromatic rings. The molecule has 1 aliphatic heterocycles. The van der Waals surface area contributed by atoms with Crippen molar-refractivity contribution in [1.82, 2.24) is 20.2 Å². The van der Waals surface area contributed by atoms with Crippen molar-refractivity contribution in [2.24, 2.45) is 0 Å². The van der Waals surface area contributed by atoms with Gasteiger partial charge in [-0.15, -0.1) is 0 Å². The Balaban J connectivity index is 2.08. The van der Waals surface area contributed by atoms with Gasteiger partial charge in [-0.2, -0.15) is 0 Å². The van der Waals surface area contributed by atoms with E-state index in [1.54, 1.807) is 0 Å². The number of likely N-dealkylation sites (N-methyl/N-ethyl adjacent to an activating group) is 1. The third-order valence-corrected chi connectivity index (χ3v) is 4.16. The summed E-state index contributed by atoms with van der Waals surface area (Å²) in [5, 5.41) is 2.82. The fourth-order valence-corrected chi connectivity index (χ4v) is 2.47. The third kappa shape index (κ3) is 2.78. The summed E-state index contributed by atoms with van der Waals surface area (Å²) in [5.74, 6) is -0.393. The van der Waals surface area contributed by atoms with E-state index in [-0.39, 0.29) is 28.0 Å². The first-order chi connectivity index (χ1) is 9.33. The summed E-state index contributed by atoms with van der Waals surface area (Å²) in [5.41, 5.74) is 11.1. The summed E-state index contributed by atoms with van der Waals surface area (Å²) in [4.78, 5) is 22.0. The fourth-order valence-electron chi connectivity index (χ4n) is 2.34. The van der Waals surface area contributed by atoms with Crippen molar-refractivity contribution < 1.29 is 4.79 Å². The number of carbonyl (C=O) groups excluding carboxylic acids is 1. The zero-order valence-electron chi connectivity index (χ0n) is 11.6. The van der Waals surface area contributed by atoms with Crippen LogP contribution in [0.2, 0.25) is 5.15 Å². The largest absolute Gasteiger partial charge is 0.382 e. The van der Waals surface area contributed by atoms with Gasteiger partial charge in [0.1, 0.15) is 0 Å². The summed E-state index contributed by atoms with van der Waals surface area (Å²) < 4.78 is 0. The molecule has 0 spiro atoms. The highest BCUT2D eigenvalue weighted by Crippen LogP contribution is 2.26. The van der Waals surface area contributed by atoms with Gasteiger partial charge in [0.15, 0.2) is 22.5 Å². The molecule has 20 heavy (non-hydrogen) atoms. The van der Waals surface area contributed by atoms with Crippen LogP contribution in [-0.4, -0.2) is 46.5 Å². The summed E-state index contributed by atoms with van der Waals surface area (Å²) in [6, 6.07) is 0. The Morgan fingerprint density at radius 2 is 2.15 bits per heavy atom. The molecule has 0 radical (unpaired) electrons. The first-order valence-corrected chi connectivity index (χ1v) is 6.79. The van der Waals surface area contributed by atoms with Crippen molar-refractivity contribution >= 4 is 29.1 Å². The fraction of sp³-hybridized carbons (Fsp3) is 0.583. The molecular formula is C12H19ClN6O. The van der Waals surface area contributed by atoms with Gasteiger partial charge in [-0.1, -0.05) is 11.6 Å². The Labute approximate surface area is 122 Å². The lowest BCUT2D eigenvalue weighted by Gasteiger charge is -2.32. The minimum Gasteiger partial charge on any atom is -0.382 e. The van der Waals surface area contributed by atoms with Crippen LogP contribution in [-0.2, 0) is 0 Å². The number of rotatable bonds is 3. The number of carbonyl (C=O) groups is 1. The maximum Gasteiger partial charge on any atom is 0.273 e. The number of nitrogen functional groups attached to an aromatic ring is 2. The molecule has 0 bridgehead atoms. The van der Waals surface area contributed by atoms with Gasteiger partial charge >= 0.3 is 0 Å². The maximum atomic E-state index is 12.1. The van der Waals surface area contributed by atoms with Crippen molar-refractivity contribution in [3.63, 3.8) is 0 Å². The van der Waals surface area contributed by atoms with Crippen LogP contribution in [0.1, 0.15) is 30.3 Å². The van der Waals surface area contributed by atoms with Gasteiger partial charge in [0, 0.05) is 12.1 Å². The average molecular weight is 299 g/mol. The van der Waals surface area contributed by atoms with Crippen molar-refractivity contribution in [1.29, 1.82) is 0 Å². The Kier molecular flexibility index (Phi) is 4.01. The van der Waals surface area contributed by atoms with Crippen LogP contribution in [0.15, 0.2) is 0 Å². The smallest absolute Gasteiger partial charge is 0.273 e. The average Bonchev–Trinajstić information content (AvgIpc) is 2.72. The number of aromatic nitrogens is 2. The van der Waals surface area contributed by atoms with Crippen LogP contribution in [0.3, 0.4) is 0 Å². The molecule has 1 fully saturated rings. The van der Waals surface area contributed by atoms with Gasteiger partial charge in [-0.25, -0.2) is 9.97 Å². The van der Waals surface area contributed by atoms with E-state index in [0.29, 0.717) is 6.54 Å². The number of hydrogen-bond acceptors (Lipinski definition) is 6. The Morgan fingerprint density at radius 3 is 2.75 bits per heavy atom. The van der Waals surface area contributed by atoms with E-state index in [2.05, 4.69) is 27.1 Å². The molecule has 7 nitrogen and oxygen atoms in total.